The van der Waals surface area contributed by atoms with Crippen molar-refractivity contribution in [3.8, 4) is 5.75 Å². The molecule has 3 nitrogen and oxygen atoms in total. The molecule has 0 radical (unpaired) electrons. The van der Waals surface area contributed by atoms with Crippen LogP contribution < -0.4 is 4.74 Å². The molecule has 1 aliphatic rings. The Morgan fingerprint density at radius 1 is 1.44 bits per heavy atom. The molecule has 3 rings (SSSR count). The van der Waals surface area contributed by atoms with Gasteiger partial charge in [-0.05, 0) is 18.6 Å². The fourth-order valence-electron chi connectivity index (χ4n) is 2.18. The number of imidazole rings is 1. The van der Waals surface area contributed by atoms with Crippen LogP contribution in [0.2, 0.25) is 0 Å². The van der Waals surface area contributed by atoms with Crippen LogP contribution in [0.1, 0.15) is 23.6 Å². The average molecular weight is 218 g/mol. The standard InChI is InChI=1S/C12H11FN2O/c13-9-2-1-3-11-12(9)8(4-5-16-11)10-6-14-7-15-10/h1-3,6-8H,4-5H2,(H,14,15). The number of aromatic nitrogens is 2. The second kappa shape index (κ2) is 3.63. The number of rotatable bonds is 1. The summed E-state index contributed by atoms with van der Waals surface area (Å²) in [5, 5.41) is 0. The maximum Gasteiger partial charge on any atom is 0.130 e. The number of aromatic amines is 1. The van der Waals surface area contributed by atoms with Gasteiger partial charge in [0.2, 0.25) is 0 Å². The van der Waals surface area contributed by atoms with Crippen LogP contribution in [0.25, 0.3) is 0 Å². The number of hydrogen-bond donors (Lipinski definition) is 1. The summed E-state index contributed by atoms with van der Waals surface area (Å²) in [6.45, 7) is 0.611. The number of nitrogens with zero attached hydrogens (tertiary/aromatic N) is 1. The molecule has 1 aliphatic heterocycles. The summed E-state index contributed by atoms with van der Waals surface area (Å²) in [7, 11) is 0. The summed E-state index contributed by atoms with van der Waals surface area (Å²) in [6.07, 6.45) is 4.13. The number of H-pyrrole nitrogens is 1. The molecule has 0 saturated carbocycles. The van der Waals surface area contributed by atoms with Crippen molar-refractivity contribution in [2.24, 2.45) is 0 Å². The van der Waals surface area contributed by atoms with Gasteiger partial charge in [0.15, 0.2) is 0 Å². The normalized spacial score (nSPS) is 18.9. The topological polar surface area (TPSA) is 37.9 Å². The van der Waals surface area contributed by atoms with Crippen LogP contribution in [0.5, 0.6) is 5.75 Å². The first-order valence-electron chi connectivity index (χ1n) is 5.26. The first-order chi connectivity index (χ1) is 7.86. The fourth-order valence-corrected chi connectivity index (χ4v) is 2.18. The zero-order chi connectivity index (χ0) is 11.0. The van der Waals surface area contributed by atoms with E-state index in [2.05, 4.69) is 9.97 Å². The third-order valence-electron chi connectivity index (χ3n) is 2.92. The molecule has 1 aromatic carbocycles. The Morgan fingerprint density at radius 2 is 2.38 bits per heavy atom. The van der Waals surface area contributed by atoms with Crippen molar-refractivity contribution >= 4 is 0 Å². The Bertz CT molecular complexity index is 496. The minimum atomic E-state index is -0.211. The number of ether oxygens (including phenoxy) is 1. The highest BCUT2D eigenvalue weighted by atomic mass is 19.1. The molecular weight excluding hydrogens is 207 g/mol. The molecular formula is C12H11FN2O. The van der Waals surface area contributed by atoms with Crippen LogP contribution >= 0.6 is 0 Å². The minimum absolute atomic E-state index is 0.0208. The molecule has 2 aromatic rings. The van der Waals surface area contributed by atoms with Crippen molar-refractivity contribution in [1.82, 2.24) is 9.97 Å². The highest BCUT2D eigenvalue weighted by molar-refractivity contribution is 5.42. The molecule has 0 spiro atoms. The van der Waals surface area contributed by atoms with Crippen LogP contribution in [-0.4, -0.2) is 16.6 Å². The Kier molecular flexibility index (Phi) is 2.13. The van der Waals surface area contributed by atoms with E-state index in [1.165, 1.54) is 6.07 Å². The summed E-state index contributed by atoms with van der Waals surface area (Å²) >= 11 is 0. The highest BCUT2D eigenvalue weighted by Gasteiger charge is 2.26. The molecule has 82 valence electrons. The lowest BCUT2D eigenvalue weighted by atomic mass is 9.90. The van der Waals surface area contributed by atoms with Crippen molar-refractivity contribution in [3.63, 3.8) is 0 Å². The van der Waals surface area contributed by atoms with E-state index >= 15 is 0 Å². The summed E-state index contributed by atoms with van der Waals surface area (Å²) in [4.78, 5) is 7.02. The average Bonchev–Trinajstić information content (AvgIpc) is 2.82. The van der Waals surface area contributed by atoms with Gasteiger partial charge >= 0.3 is 0 Å². The second-order valence-electron chi connectivity index (χ2n) is 3.85. The van der Waals surface area contributed by atoms with Gasteiger partial charge in [0, 0.05) is 23.4 Å². The molecule has 4 heteroatoms. The lowest BCUT2D eigenvalue weighted by Crippen LogP contribution is -2.17. The molecule has 1 atom stereocenters. The monoisotopic (exact) mass is 218 g/mol. The molecule has 0 amide bonds. The molecule has 2 heterocycles. The number of hydrogen-bond acceptors (Lipinski definition) is 2. The van der Waals surface area contributed by atoms with E-state index in [4.69, 9.17) is 4.74 Å². The summed E-state index contributed by atoms with van der Waals surface area (Å²) in [6, 6.07) is 4.95. The summed E-state index contributed by atoms with van der Waals surface area (Å²) in [5.74, 6) is 0.454. The summed E-state index contributed by atoms with van der Waals surface area (Å²) in [5.41, 5.74) is 1.58. The van der Waals surface area contributed by atoms with Gasteiger partial charge in [0.05, 0.1) is 12.9 Å². The van der Waals surface area contributed by atoms with Gasteiger partial charge in [-0.2, -0.15) is 0 Å². The lowest BCUT2D eigenvalue weighted by molar-refractivity contribution is 0.271. The number of halogens is 1. The lowest BCUT2D eigenvalue weighted by Gasteiger charge is -2.25. The van der Waals surface area contributed by atoms with E-state index in [9.17, 15) is 4.39 Å². The van der Waals surface area contributed by atoms with Crippen molar-refractivity contribution in [2.75, 3.05) is 6.61 Å². The van der Waals surface area contributed by atoms with E-state index < -0.39 is 0 Å². The van der Waals surface area contributed by atoms with Gasteiger partial charge in [-0.15, -0.1) is 0 Å². The van der Waals surface area contributed by atoms with Crippen LogP contribution in [0.15, 0.2) is 30.7 Å². The molecule has 0 bridgehead atoms. The largest absolute Gasteiger partial charge is 0.493 e. The molecule has 0 saturated heterocycles. The Balaban J connectivity index is 2.12. The maximum atomic E-state index is 13.8. The smallest absolute Gasteiger partial charge is 0.130 e. The van der Waals surface area contributed by atoms with E-state index in [0.717, 1.165) is 12.1 Å². The van der Waals surface area contributed by atoms with Crippen LogP contribution in [0.4, 0.5) is 4.39 Å². The van der Waals surface area contributed by atoms with E-state index in [-0.39, 0.29) is 11.7 Å². The zero-order valence-corrected chi connectivity index (χ0v) is 8.61. The van der Waals surface area contributed by atoms with Gasteiger partial charge in [0.25, 0.3) is 0 Å². The van der Waals surface area contributed by atoms with Gasteiger partial charge in [-0.3, -0.25) is 0 Å². The van der Waals surface area contributed by atoms with Gasteiger partial charge < -0.3 is 9.72 Å². The molecule has 1 N–H and O–H groups in total. The quantitative estimate of drug-likeness (QED) is 0.798. The summed E-state index contributed by atoms with van der Waals surface area (Å²) < 4.78 is 19.3. The SMILES string of the molecule is Fc1cccc2c1C(c1cnc[nH]1)CCO2. The van der Waals surface area contributed by atoms with Crippen LogP contribution in [-0.2, 0) is 0 Å². The molecule has 0 aliphatic carbocycles. The van der Waals surface area contributed by atoms with E-state index in [1.807, 2.05) is 0 Å². The van der Waals surface area contributed by atoms with Crippen LogP contribution in [0, 0.1) is 5.82 Å². The third-order valence-corrected chi connectivity index (χ3v) is 2.92. The Hall–Kier alpha value is -1.84. The van der Waals surface area contributed by atoms with Crippen molar-refractivity contribution in [2.45, 2.75) is 12.3 Å². The first-order valence-corrected chi connectivity index (χ1v) is 5.26. The van der Waals surface area contributed by atoms with Crippen molar-refractivity contribution < 1.29 is 9.13 Å². The van der Waals surface area contributed by atoms with Crippen LogP contribution in [0.3, 0.4) is 0 Å². The Labute approximate surface area is 92.3 Å². The molecule has 0 fully saturated rings. The predicted octanol–water partition coefficient (Wildman–Crippen LogP) is 2.46. The number of nitrogens with one attached hydrogen (secondary N) is 1. The molecule has 16 heavy (non-hydrogen) atoms. The van der Waals surface area contributed by atoms with Gasteiger partial charge in [0.1, 0.15) is 11.6 Å². The maximum absolute atomic E-state index is 13.8. The van der Waals surface area contributed by atoms with E-state index in [0.29, 0.717) is 17.9 Å². The molecule has 1 aromatic heterocycles. The van der Waals surface area contributed by atoms with Crippen molar-refractivity contribution in [3.05, 3.63) is 47.8 Å². The van der Waals surface area contributed by atoms with Crippen molar-refractivity contribution in [1.29, 1.82) is 0 Å². The third kappa shape index (κ3) is 1.38. The van der Waals surface area contributed by atoms with Gasteiger partial charge in [-0.1, -0.05) is 6.07 Å². The Morgan fingerprint density at radius 3 is 3.19 bits per heavy atom. The predicted molar refractivity (Wildman–Crippen MR) is 56.9 cm³/mol. The zero-order valence-electron chi connectivity index (χ0n) is 8.61. The number of fused-ring (bicyclic) bond motifs is 1. The number of benzene rings is 1. The second-order valence-corrected chi connectivity index (χ2v) is 3.85. The van der Waals surface area contributed by atoms with Gasteiger partial charge in [-0.25, -0.2) is 9.37 Å². The molecule has 1 unspecified atom stereocenters. The van der Waals surface area contributed by atoms with E-state index in [1.54, 1.807) is 24.7 Å². The fraction of sp³-hybridized carbons (Fsp3) is 0.250. The minimum Gasteiger partial charge on any atom is -0.493 e. The first kappa shape index (κ1) is 9.39. The highest BCUT2D eigenvalue weighted by Crippen LogP contribution is 2.38.